The first-order chi connectivity index (χ1) is 9.74. The van der Waals surface area contributed by atoms with Gasteiger partial charge in [-0.15, -0.1) is 0 Å². The summed E-state index contributed by atoms with van der Waals surface area (Å²) in [6.07, 6.45) is 2.77. The van der Waals surface area contributed by atoms with Gasteiger partial charge in [-0.05, 0) is 37.3 Å². The molecule has 5 nitrogen and oxygen atoms in total. The second kappa shape index (κ2) is 7.24. The van der Waals surface area contributed by atoms with Crippen molar-refractivity contribution in [2.75, 3.05) is 31.6 Å². The summed E-state index contributed by atoms with van der Waals surface area (Å²) in [5, 5.41) is 12.2. The Morgan fingerprint density at radius 3 is 3.15 bits per heavy atom. The molecule has 1 aliphatic heterocycles. The molecule has 110 valence electrons. The van der Waals surface area contributed by atoms with Crippen LogP contribution < -0.4 is 5.32 Å². The molecule has 1 atom stereocenters. The molecule has 2 rings (SSSR count). The molecule has 1 aromatic heterocycles. The predicted molar refractivity (Wildman–Crippen MR) is 78.7 cm³/mol. The minimum Gasteiger partial charge on any atom is -0.396 e. The lowest BCUT2D eigenvalue weighted by atomic mass is 10.1. The van der Waals surface area contributed by atoms with Gasteiger partial charge in [0.2, 0.25) is 0 Å². The normalized spacial score (nSPS) is 18.3. The van der Waals surface area contributed by atoms with E-state index in [1.165, 1.54) is 0 Å². The van der Waals surface area contributed by atoms with E-state index in [0.717, 1.165) is 44.7 Å². The smallest absolute Gasteiger partial charge is 0.272 e. The Labute approximate surface area is 120 Å². The Hall–Kier alpha value is -1.62. The van der Waals surface area contributed by atoms with E-state index < -0.39 is 0 Å². The summed E-state index contributed by atoms with van der Waals surface area (Å²) in [7, 11) is 0. The van der Waals surface area contributed by atoms with Crippen molar-refractivity contribution in [3.8, 4) is 0 Å². The molecule has 0 bridgehead atoms. The zero-order valence-electron chi connectivity index (χ0n) is 12.0. The Bertz CT molecular complexity index is 450. The molecule has 1 unspecified atom stereocenters. The van der Waals surface area contributed by atoms with Crippen LogP contribution in [0.5, 0.6) is 0 Å². The fourth-order valence-corrected chi connectivity index (χ4v) is 2.50. The van der Waals surface area contributed by atoms with E-state index in [-0.39, 0.29) is 12.5 Å². The molecule has 1 amide bonds. The standard InChI is InChI=1S/C15H23N3O2/c1-2-8-16-14-5-3-4-13(17-14)15(20)18-9-6-12(11-18)7-10-19/h3-5,12,19H,2,6-11H2,1H3,(H,16,17). The van der Waals surface area contributed by atoms with Crippen molar-refractivity contribution in [1.82, 2.24) is 9.88 Å². The van der Waals surface area contributed by atoms with E-state index in [9.17, 15) is 4.79 Å². The van der Waals surface area contributed by atoms with Gasteiger partial charge in [0, 0.05) is 26.2 Å². The maximum atomic E-state index is 12.4. The van der Waals surface area contributed by atoms with Gasteiger partial charge in [0.05, 0.1) is 0 Å². The topological polar surface area (TPSA) is 65.5 Å². The van der Waals surface area contributed by atoms with Crippen LogP contribution in [0, 0.1) is 5.92 Å². The number of aliphatic hydroxyl groups excluding tert-OH is 1. The molecule has 1 fully saturated rings. The van der Waals surface area contributed by atoms with Gasteiger partial charge in [-0.25, -0.2) is 4.98 Å². The third-order valence-corrected chi connectivity index (χ3v) is 3.63. The van der Waals surface area contributed by atoms with Crippen molar-refractivity contribution in [1.29, 1.82) is 0 Å². The number of nitrogens with one attached hydrogen (secondary N) is 1. The summed E-state index contributed by atoms with van der Waals surface area (Å²) in [5.41, 5.74) is 0.496. The molecule has 1 aromatic rings. The number of anilines is 1. The molecule has 5 heteroatoms. The van der Waals surface area contributed by atoms with Crippen LogP contribution in [0.2, 0.25) is 0 Å². The third-order valence-electron chi connectivity index (χ3n) is 3.63. The number of aromatic nitrogens is 1. The molecule has 20 heavy (non-hydrogen) atoms. The SMILES string of the molecule is CCCNc1cccc(C(=O)N2CCC(CCO)C2)n1. The Balaban J connectivity index is 1.98. The lowest BCUT2D eigenvalue weighted by molar-refractivity contribution is 0.0779. The zero-order chi connectivity index (χ0) is 14.4. The number of carbonyl (C=O) groups is 1. The second-order valence-corrected chi connectivity index (χ2v) is 5.25. The predicted octanol–water partition coefficient (Wildman–Crippen LogP) is 1.75. The van der Waals surface area contributed by atoms with Crippen molar-refractivity contribution in [3.63, 3.8) is 0 Å². The van der Waals surface area contributed by atoms with Gasteiger partial charge in [0.25, 0.3) is 5.91 Å². The van der Waals surface area contributed by atoms with E-state index in [1.54, 1.807) is 6.07 Å². The number of pyridine rings is 1. The molecule has 0 radical (unpaired) electrons. The average molecular weight is 277 g/mol. The Morgan fingerprint density at radius 1 is 1.55 bits per heavy atom. The van der Waals surface area contributed by atoms with Crippen LogP contribution in [0.3, 0.4) is 0 Å². The van der Waals surface area contributed by atoms with Crippen LogP contribution in [0.4, 0.5) is 5.82 Å². The number of rotatable bonds is 6. The number of amides is 1. The van der Waals surface area contributed by atoms with Crippen molar-refractivity contribution >= 4 is 11.7 Å². The fraction of sp³-hybridized carbons (Fsp3) is 0.600. The summed E-state index contributed by atoms with van der Waals surface area (Å²) in [5.74, 6) is 1.17. The number of hydrogen-bond acceptors (Lipinski definition) is 4. The molecule has 0 saturated carbocycles. The van der Waals surface area contributed by atoms with E-state index in [2.05, 4.69) is 17.2 Å². The summed E-state index contributed by atoms with van der Waals surface area (Å²) < 4.78 is 0. The molecule has 1 saturated heterocycles. The minimum atomic E-state index is -0.00871. The van der Waals surface area contributed by atoms with Gasteiger partial charge in [0.1, 0.15) is 11.5 Å². The highest BCUT2D eigenvalue weighted by Gasteiger charge is 2.27. The summed E-state index contributed by atoms with van der Waals surface area (Å²) >= 11 is 0. The molecule has 2 heterocycles. The number of likely N-dealkylation sites (tertiary alicyclic amines) is 1. The Morgan fingerprint density at radius 2 is 2.40 bits per heavy atom. The second-order valence-electron chi connectivity index (χ2n) is 5.25. The zero-order valence-corrected chi connectivity index (χ0v) is 12.0. The van der Waals surface area contributed by atoms with Crippen molar-refractivity contribution < 1.29 is 9.90 Å². The van der Waals surface area contributed by atoms with Gasteiger partial charge in [-0.3, -0.25) is 4.79 Å². The van der Waals surface area contributed by atoms with Crippen molar-refractivity contribution in [3.05, 3.63) is 23.9 Å². The van der Waals surface area contributed by atoms with Crippen LogP contribution in [0.25, 0.3) is 0 Å². The van der Waals surface area contributed by atoms with E-state index in [1.807, 2.05) is 17.0 Å². The average Bonchev–Trinajstić information content (AvgIpc) is 2.93. The van der Waals surface area contributed by atoms with Crippen molar-refractivity contribution in [2.45, 2.75) is 26.2 Å². The molecule has 0 spiro atoms. The highest BCUT2D eigenvalue weighted by Crippen LogP contribution is 2.21. The van der Waals surface area contributed by atoms with Crippen LogP contribution >= 0.6 is 0 Å². The number of carbonyl (C=O) groups excluding carboxylic acids is 1. The lowest BCUT2D eigenvalue weighted by Crippen LogP contribution is -2.29. The maximum Gasteiger partial charge on any atom is 0.272 e. The molecular weight excluding hydrogens is 254 g/mol. The third kappa shape index (κ3) is 3.70. The molecular formula is C15H23N3O2. The van der Waals surface area contributed by atoms with Crippen LogP contribution in [-0.2, 0) is 0 Å². The fourth-order valence-electron chi connectivity index (χ4n) is 2.50. The molecule has 1 aliphatic rings. The summed E-state index contributed by atoms with van der Waals surface area (Å²) in [6, 6.07) is 5.50. The Kier molecular flexibility index (Phi) is 5.35. The van der Waals surface area contributed by atoms with Gasteiger partial charge >= 0.3 is 0 Å². The van der Waals surface area contributed by atoms with Crippen molar-refractivity contribution in [2.24, 2.45) is 5.92 Å². The van der Waals surface area contributed by atoms with Gasteiger partial charge in [-0.2, -0.15) is 0 Å². The molecule has 0 aromatic carbocycles. The maximum absolute atomic E-state index is 12.4. The van der Waals surface area contributed by atoms with Gasteiger partial charge in [0.15, 0.2) is 0 Å². The number of nitrogens with zero attached hydrogens (tertiary/aromatic N) is 2. The highest BCUT2D eigenvalue weighted by atomic mass is 16.3. The first-order valence-corrected chi connectivity index (χ1v) is 7.35. The minimum absolute atomic E-state index is 0.00871. The number of hydrogen-bond donors (Lipinski definition) is 2. The van der Waals surface area contributed by atoms with E-state index >= 15 is 0 Å². The summed E-state index contributed by atoms with van der Waals surface area (Å²) in [4.78, 5) is 18.6. The first-order valence-electron chi connectivity index (χ1n) is 7.35. The van der Waals surface area contributed by atoms with Gasteiger partial charge in [-0.1, -0.05) is 13.0 Å². The molecule has 0 aliphatic carbocycles. The lowest BCUT2D eigenvalue weighted by Gasteiger charge is -2.16. The monoisotopic (exact) mass is 277 g/mol. The van der Waals surface area contributed by atoms with E-state index in [4.69, 9.17) is 5.11 Å². The summed E-state index contributed by atoms with van der Waals surface area (Å²) in [6.45, 7) is 4.63. The number of aliphatic hydroxyl groups is 1. The quantitative estimate of drug-likeness (QED) is 0.831. The highest BCUT2D eigenvalue weighted by molar-refractivity contribution is 5.92. The van der Waals surface area contributed by atoms with Crippen LogP contribution in [0.15, 0.2) is 18.2 Å². The van der Waals surface area contributed by atoms with Crippen LogP contribution in [-0.4, -0.2) is 47.1 Å². The van der Waals surface area contributed by atoms with Gasteiger partial charge < -0.3 is 15.3 Å². The van der Waals surface area contributed by atoms with Crippen LogP contribution in [0.1, 0.15) is 36.7 Å². The largest absolute Gasteiger partial charge is 0.396 e. The first kappa shape index (κ1) is 14.8. The van der Waals surface area contributed by atoms with E-state index in [0.29, 0.717) is 11.6 Å². The molecule has 2 N–H and O–H groups in total.